The van der Waals surface area contributed by atoms with Gasteiger partial charge in [0.25, 0.3) is 5.56 Å². The van der Waals surface area contributed by atoms with E-state index in [9.17, 15) is 4.79 Å². The van der Waals surface area contributed by atoms with Crippen LogP contribution in [-0.4, -0.2) is 16.7 Å². The second-order valence-electron chi connectivity index (χ2n) is 6.54. The van der Waals surface area contributed by atoms with Crippen molar-refractivity contribution < 1.29 is 4.74 Å². The van der Waals surface area contributed by atoms with Gasteiger partial charge in [0.1, 0.15) is 11.6 Å². The highest BCUT2D eigenvalue weighted by Gasteiger charge is 2.11. The first-order valence-corrected chi connectivity index (χ1v) is 9.07. The Labute approximate surface area is 163 Å². The van der Waals surface area contributed by atoms with Gasteiger partial charge in [0.2, 0.25) is 0 Å². The van der Waals surface area contributed by atoms with Gasteiger partial charge in [-0.05, 0) is 55.5 Å². The van der Waals surface area contributed by atoms with Crippen LogP contribution in [0.2, 0.25) is 0 Å². The Morgan fingerprint density at radius 2 is 1.68 bits per heavy atom. The van der Waals surface area contributed by atoms with Crippen molar-refractivity contribution in [2.24, 2.45) is 0 Å². The average Bonchev–Trinajstić information content (AvgIpc) is 2.73. The van der Waals surface area contributed by atoms with E-state index >= 15 is 0 Å². The highest BCUT2D eigenvalue weighted by Crippen LogP contribution is 2.22. The third-order valence-corrected chi connectivity index (χ3v) is 4.61. The van der Waals surface area contributed by atoms with Gasteiger partial charge in [-0.3, -0.25) is 9.36 Å². The van der Waals surface area contributed by atoms with Gasteiger partial charge in [-0.2, -0.15) is 0 Å². The van der Waals surface area contributed by atoms with Crippen molar-refractivity contribution in [1.82, 2.24) is 9.55 Å². The number of hydrogen-bond acceptors (Lipinski definition) is 3. The molecule has 0 spiro atoms. The predicted molar refractivity (Wildman–Crippen MR) is 114 cm³/mol. The molecule has 0 aliphatic heterocycles. The maximum atomic E-state index is 13.2. The van der Waals surface area contributed by atoms with Gasteiger partial charge in [-0.1, -0.05) is 42.0 Å². The van der Waals surface area contributed by atoms with Crippen LogP contribution in [-0.2, 0) is 0 Å². The number of hydrogen-bond donors (Lipinski definition) is 0. The molecule has 0 atom stereocenters. The fraction of sp³-hybridized carbons (Fsp3) is 0.0833. The molecule has 4 nitrogen and oxygen atoms in total. The normalized spacial score (nSPS) is 11.2. The van der Waals surface area contributed by atoms with Crippen molar-refractivity contribution in [3.05, 3.63) is 100 Å². The van der Waals surface area contributed by atoms with Crippen LogP contribution in [0, 0.1) is 6.92 Å². The van der Waals surface area contributed by atoms with Crippen molar-refractivity contribution in [3.63, 3.8) is 0 Å². The molecule has 4 aromatic rings. The monoisotopic (exact) mass is 368 g/mol. The number of aryl methyl sites for hydroxylation is 1. The standard InChI is InChI=1S/C24H20N2O2/c1-17-12-14-22(28-2)18(16-17)13-15-23-25-21-11-7-6-10-20(21)24(27)26(23)19-8-4-3-5-9-19/h3-16H,1-2H3/b15-13+. The number of benzene rings is 3. The Morgan fingerprint density at radius 3 is 2.46 bits per heavy atom. The van der Waals surface area contributed by atoms with E-state index in [2.05, 4.69) is 0 Å². The van der Waals surface area contributed by atoms with E-state index in [0.29, 0.717) is 16.7 Å². The van der Waals surface area contributed by atoms with Crippen LogP contribution in [0.5, 0.6) is 5.75 Å². The summed E-state index contributed by atoms with van der Waals surface area (Å²) in [7, 11) is 1.65. The average molecular weight is 368 g/mol. The van der Waals surface area contributed by atoms with Crippen LogP contribution in [0.4, 0.5) is 0 Å². The molecule has 0 N–H and O–H groups in total. The first-order chi connectivity index (χ1) is 13.7. The molecule has 1 aromatic heterocycles. The molecule has 0 aliphatic rings. The van der Waals surface area contributed by atoms with Gasteiger partial charge >= 0.3 is 0 Å². The lowest BCUT2D eigenvalue weighted by atomic mass is 10.1. The maximum absolute atomic E-state index is 13.2. The summed E-state index contributed by atoms with van der Waals surface area (Å²) in [5.74, 6) is 1.34. The minimum Gasteiger partial charge on any atom is -0.496 e. The number of nitrogens with zero attached hydrogens (tertiary/aromatic N) is 2. The lowest BCUT2D eigenvalue weighted by Crippen LogP contribution is -2.22. The summed E-state index contributed by atoms with van der Waals surface area (Å²) < 4.78 is 7.10. The maximum Gasteiger partial charge on any atom is 0.266 e. The molecule has 4 rings (SSSR count). The Kier molecular flexibility index (Phi) is 4.77. The van der Waals surface area contributed by atoms with Crippen molar-refractivity contribution in [3.8, 4) is 11.4 Å². The second-order valence-corrected chi connectivity index (χ2v) is 6.54. The highest BCUT2D eigenvalue weighted by atomic mass is 16.5. The molecule has 138 valence electrons. The molecule has 4 heteroatoms. The van der Waals surface area contributed by atoms with Crippen molar-refractivity contribution in [2.45, 2.75) is 6.92 Å². The molecular weight excluding hydrogens is 348 g/mol. The predicted octanol–water partition coefficient (Wildman–Crippen LogP) is 4.87. The van der Waals surface area contributed by atoms with Crippen LogP contribution in [0.3, 0.4) is 0 Å². The topological polar surface area (TPSA) is 44.1 Å². The zero-order valence-electron chi connectivity index (χ0n) is 15.8. The van der Waals surface area contributed by atoms with E-state index in [1.807, 2.05) is 85.8 Å². The van der Waals surface area contributed by atoms with Gasteiger partial charge in [-0.25, -0.2) is 4.98 Å². The van der Waals surface area contributed by atoms with Gasteiger partial charge in [0, 0.05) is 5.56 Å². The number of para-hydroxylation sites is 2. The lowest BCUT2D eigenvalue weighted by molar-refractivity contribution is 0.414. The van der Waals surface area contributed by atoms with Gasteiger partial charge in [0.05, 0.1) is 23.7 Å². The third kappa shape index (κ3) is 3.32. The summed E-state index contributed by atoms with van der Waals surface area (Å²) in [4.78, 5) is 17.9. The van der Waals surface area contributed by atoms with Crippen molar-refractivity contribution in [1.29, 1.82) is 0 Å². The number of methoxy groups -OCH3 is 1. The molecular formula is C24H20N2O2. The molecule has 0 saturated heterocycles. The Balaban J connectivity index is 1.94. The summed E-state index contributed by atoms with van der Waals surface area (Å²) in [5, 5.41) is 0.594. The van der Waals surface area contributed by atoms with Crippen LogP contribution in [0.25, 0.3) is 28.7 Å². The largest absolute Gasteiger partial charge is 0.496 e. The zero-order chi connectivity index (χ0) is 19.5. The summed E-state index contributed by atoms with van der Waals surface area (Å²) in [6.45, 7) is 2.03. The first-order valence-electron chi connectivity index (χ1n) is 9.07. The minimum absolute atomic E-state index is 0.0901. The number of ether oxygens (including phenoxy) is 1. The van der Waals surface area contributed by atoms with Crippen LogP contribution in [0.15, 0.2) is 77.6 Å². The fourth-order valence-electron chi connectivity index (χ4n) is 3.24. The quantitative estimate of drug-likeness (QED) is 0.516. The minimum atomic E-state index is -0.0901. The summed E-state index contributed by atoms with van der Waals surface area (Å²) in [6, 6.07) is 23.0. The molecule has 0 bridgehead atoms. The highest BCUT2D eigenvalue weighted by molar-refractivity contribution is 5.80. The van der Waals surface area contributed by atoms with Crippen molar-refractivity contribution in [2.75, 3.05) is 7.11 Å². The van der Waals surface area contributed by atoms with Gasteiger partial charge < -0.3 is 4.74 Å². The second kappa shape index (κ2) is 7.53. The van der Waals surface area contributed by atoms with Crippen LogP contribution < -0.4 is 10.3 Å². The lowest BCUT2D eigenvalue weighted by Gasteiger charge is -2.11. The smallest absolute Gasteiger partial charge is 0.266 e. The molecule has 0 fully saturated rings. The van der Waals surface area contributed by atoms with Crippen LogP contribution in [0.1, 0.15) is 17.0 Å². The Bertz CT molecular complexity index is 1220. The molecule has 1 heterocycles. The van der Waals surface area contributed by atoms with E-state index in [1.54, 1.807) is 17.7 Å². The molecule has 28 heavy (non-hydrogen) atoms. The summed E-state index contributed by atoms with van der Waals surface area (Å²) in [6.07, 6.45) is 3.79. The summed E-state index contributed by atoms with van der Waals surface area (Å²) in [5.41, 5.74) is 3.43. The van der Waals surface area contributed by atoms with E-state index in [0.717, 1.165) is 22.6 Å². The number of rotatable bonds is 4. The SMILES string of the molecule is COc1ccc(C)cc1/C=C/c1nc2ccccc2c(=O)n1-c1ccccc1. The first kappa shape index (κ1) is 17.7. The van der Waals surface area contributed by atoms with Crippen LogP contribution >= 0.6 is 0 Å². The van der Waals surface area contributed by atoms with E-state index < -0.39 is 0 Å². The summed E-state index contributed by atoms with van der Waals surface area (Å²) >= 11 is 0. The van der Waals surface area contributed by atoms with Gasteiger partial charge in [-0.15, -0.1) is 0 Å². The fourth-order valence-corrected chi connectivity index (χ4v) is 3.24. The molecule has 3 aromatic carbocycles. The van der Waals surface area contributed by atoms with E-state index in [4.69, 9.17) is 9.72 Å². The van der Waals surface area contributed by atoms with Gasteiger partial charge in [0.15, 0.2) is 0 Å². The number of aromatic nitrogens is 2. The molecule has 0 radical (unpaired) electrons. The molecule has 0 amide bonds. The molecule has 0 saturated carbocycles. The zero-order valence-corrected chi connectivity index (χ0v) is 15.8. The van der Waals surface area contributed by atoms with E-state index in [1.165, 1.54) is 0 Å². The molecule has 0 aliphatic carbocycles. The third-order valence-electron chi connectivity index (χ3n) is 4.61. The van der Waals surface area contributed by atoms with E-state index in [-0.39, 0.29) is 5.56 Å². The Hall–Kier alpha value is -3.66. The van der Waals surface area contributed by atoms with Crippen molar-refractivity contribution >= 4 is 23.1 Å². The molecule has 0 unspecified atom stereocenters. The Morgan fingerprint density at radius 1 is 0.929 bits per heavy atom. The number of fused-ring (bicyclic) bond motifs is 1.